The Bertz CT molecular complexity index is 103. The largest absolute Gasteiger partial charge is 0.0788 e. The van der Waals surface area contributed by atoms with Crippen molar-refractivity contribution in [3.8, 4) is 0 Å². The van der Waals surface area contributed by atoms with Crippen LogP contribution < -0.4 is 0 Å². The monoisotopic (exact) mass is 138 g/mol. The molecule has 0 spiro atoms. The average Bonchev–Trinajstić information content (AvgIpc) is 1.33. The molecule has 3 heteroatoms. The van der Waals surface area contributed by atoms with E-state index in [-0.39, 0.29) is 0 Å². The lowest BCUT2D eigenvalue weighted by Gasteiger charge is -1.96. The van der Waals surface area contributed by atoms with Gasteiger partial charge in [-0.1, -0.05) is 23.2 Å². The zero-order valence-corrected chi connectivity index (χ0v) is 5.19. The van der Waals surface area contributed by atoms with Gasteiger partial charge >= 0.3 is 0 Å². The Balaban J connectivity index is 2.57. The smallest absolute Gasteiger partial charge is 0.0709 e. The lowest BCUT2D eigenvalue weighted by atomic mass is 10.7. The molecule has 0 saturated heterocycles. The Morgan fingerprint density at radius 3 is 2.00 bits per heavy atom. The van der Waals surface area contributed by atoms with Gasteiger partial charge in [0.25, 0.3) is 0 Å². The molecule has 0 aliphatic carbocycles. The summed E-state index contributed by atoms with van der Waals surface area (Å²) in [6.45, 7) is 0. The molecule has 0 atom stereocenters. The minimum atomic E-state index is 0.833. The van der Waals surface area contributed by atoms with Gasteiger partial charge in [0.2, 0.25) is 0 Å². The van der Waals surface area contributed by atoms with Crippen LogP contribution >= 0.6 is 31.4 Å². The Hall–Kier alpha value is 0.490. The second-order valence-electron chi connectivity index (χ2n) is 0.902. The molecule has 0 radical (unpaired) electrons. The van der Waals surface area contributed by atoms with Crippen molar-refractivity contribution in [3.63, 3.8) is 0 Å². The molecular formula is C3HCl2P. The summed E-state index contributed by atoms with van der Waals surface area (Å²) in [5.74, 6) is 0. The molecule has 1 aliphatic rings. The van der Waals surface area contributed by atoms with Crippen LogP contribution in [0, 0.1) is 0 Å². The quantitative estimate of drug-likeness (QED) is 0.452. The minimum Gasteiger partial charge on any atom is -0.0788 e. The molecule has 1 rings (SSSR count). The number of halogens is 2. The fourth-order valence-corrected chi connectivity index (χ4v) is 1.69. The second kappa shape index (κ2) is 1.54. The molecule has 0 amide bonds. The van der Waals surface area contributed by atoms with Crippen molar-refractivity contribution in [2.75, 3.05) is 0 Å². The van der Waals surface area contributed by atoms with Crippen molar-refractivity contribution in [3.05, 3.63) is 10.8 Å². The van der Waals surface area contributed by atoms with Crippen molar-refractivity contribution in [2.24, 2.45) is 0 Å². The molecular weight excluding hydrogens is 138 g/mol. The topological polar surface area (TPSA) is 0 Å². The van der Waals surface area contributed by atoms with E-state index in [4.69, 9.17) is 23.2 Å². The fraction of sp³-hybridized carbons (Fsp3) is 0. The van der Waals surface area contributed by atoms with Gasteiger partial charge in [-0.05, 0) is 14.3 Å². The van der Waals surface area contributed by atoms with Gasteiger partial charge in [0.1, 0.15) is 0 Å². The summed E-state index contributed by atoms with van der Waals surface area (Å²) in [5, 5.41) is 0. The number of rotatable bonds is 0. The molecule has 0 aromatic rings. The van der Waals surface area contributed by atoms with Gasteiger partial charge < -0.3 is 0 Å². The standard InChI is InChI=1S/C3HCl2P/c4-2-1-3(5)6-2/h1H. The molecule has 0 fully saturated rings. The maximum absolute atomic E-state index is 5.39. The van der Waals surface area contributed by atoms with E-state index < -0.39 is 0 Å². The van der Waals surface area contributed by atoms with Crippen molar-refractivity contribution < 1.29 is 0 Å². The summed E-state index contributed by atoms with van der Waals surface area (Å²) < 4.78 is 1.67. The van der Waals surface area contributed by atoms with Gasteiger partial charge in [0.15, 0.2) is 0 Å². The van der Waals surface area contributed by atoms with Gasteiger partial charge in [-0.2, -0.15) is 0 Å². The number of hydrogen-bond donors (Lipinski definition) is 0. The van der Waals surface area contributed by atoms with E-state index >= 15 is 0 Å². The highest BCUT2D eigenvalue weighted by atomic mass is 35.5. The Kier molecular flexibility index (Phi) is 1.19. The predicted molar refractivity (Wildman–Crippen MR) is 31.7 cm³/mol. The Labute approximate surface area is 47.6 Å². The molecule has 32 valence electrons. The summed E-state index contributed by atoms with van der Waals surface area (Å²) in [4.78, 5) is 0. The molecule has 0 aromatic carbocycles. The van der Waals surface area contributed by atoms with E-state index in [2.05, 4.69) is 0 Å². The fourth-order valence-electron chi connectivity index (χ4n) is 0.199. The van der Waals surface area contributed by atoms with Crippen LogP contribution in [0.4, 0.5) is 0 Å². The summed E-state index contributed by atoms with van der Waals surface area (Å²) in [6, 6.07) is 0. The molecule has 0 bridgehead atoms. The third-order valence-electron chi connectivity index (χ3n) is 0.452. The molecule has 0 saturated carbocycles. The first-order valence-electron chi connectivity index (χ1n) is 1.40. The van der Waals surface area contributed by atoms with Crippen molar-refractivity contribution in [1.82, 2.24) is 0 Å². The van der Waals surface area contributed by atoms with Crippen molar-refractivity contribution in [2.45, 2.75) is 0 Å². The highest BCUT2D eigenvalue weighted by molar-refractivity contribution is 7.56. The average molecular weight is 139 g/mol. The summed E-state index contributed by atoms with van der Waals surface area (Å²) in [7, 11) is 0.985. The van der Waals surface area contributed by atoms with Crippen LogP contribution in [0.1, 0.15) is 0 Å². The molecule has 0 aromatic heterocycles. The van der Waals surface area contributed by atoms with E-state index in [1.54, 1.807) is 6.08 Å². The van der Waals surface area contributed by atoms with E-state index in [0.717, 1.165) is 17.7 Å². The minimum absolute atomic E-state index is 0.833. The molecule has 6 heavy (non-hydrogen) atoms. The maximum atomic E-state index is 5.39. The highest BCUT2D eigenvalue weighted by Crippen LogP contribution is 2.30. The molecule has 1 heterocycles. The second-order valence-corrected chi connectivity index (χ2v) is 3.43. The summed E-state index contributed by atoms with van der Waals surface area (Å²) in [6.07, 6.45) is 1.74. The van der Waals surface area contributed by atoms with E-state index in [0.29, 0.717) is 0 Å². The lowest BCUT2D eigenvalue weighted by Crippen LogP contribution is -1.80. The van der Waals surface area contributed by atoms with Crippen LogP contribution in [0.25, 0.3) is 0 Å². The maximum Gasteiger partial charge on any atom is 0.0709 e. The molecule has 0 unspecified atom stereocenters. The Morgan fingerprint density at radius 1 is 1.50 bits per heavy atom. The number of allylic oxidation sites excluding steroid dienone is 1. The van der Waals surface area contributed by atoms with Crippen LogP contribution in [0.15, 0.2) is 10.8 Å². The normalized spacial score (nSPS) is 21.0. The summed E-state index contributed by atoms with van der Waals surface area (Å²) >= 11 is 10.8. The third kappa shape index (κ3) is 0.759. The van der Waals surface area contributed by atoms with E-state index in [1.165, 1.54) is 0 Å². The van der Waals surface area contributed by atoms with Crippen LogP contribution in [0.3, 0.4) is 0 Å². The SMILES string of the molecule is ClC1=CC(Cl)=P1. The Morgan fingerprint density at radius 2 is 2.00 bits per heavy atom. The first-order valence-corrected chi connectivity index (χ1v) is 3.05. The van der Waals surface area contributed by atoms with Gasteiger partial charge in [0, 0.05) is 0 Å². The lowest BCUT2D eigenvalue weighted by molar-refractivity contribution is 2.28. The number of hydrogen-bond acceptors (Lipinski definition) is 0. The van der Waals surface area contributed by atoms with Crippen molar-refractivity contribution >= 4 is 36.2 Å². The first kappa shape index (κ1) is 4.64. The zero-order valence-electron chi connectivity index (χ0n) is 2.78. The van der Waals surface area contributed by atoms with Crippen LogP contribution in [-0.4, -0.2) is 4.75 Å². The van der Waals surface area contributed by atoms with Crippen LogP contribution in [0.2, 0.25) is 0 Å². The molecule has 0 nitrogen and oxygen atoms in total. The first-order chi connectivity index (χ1) is 2.79. The van der Waals surface area contributed by atoms with Crippen molar-refractivity contribution in [1.29, 1.82) is 0 Å². The van der Waals surface area contributed by atoms with E-state index in [9.17, 15) is 0 Å². The van der Waals surface area contributed by atoms with Gasteiger partial charge in [-0.15, -0.1) is 0 Å². The van der Waals surface area contributed by atoms with Gasteiger partial charge in [-0.25, -0.2) is 0 Å². The van der Waals surface area contributed by atoms with Crippen LogP contribution in [0.5, 0.6) is 0 Å². The zero-order chi connectivity index (χ0) is 4.57. The van der Waals surface area contributed by atoms with Crippen LogP contribution in [-0.2, 0) is 0 Å². The summed E-state index contributed by atoms with van der Waals surface area (Å²) in [5.41, 5.74) is 0. The molecule has 0 N–H and O–H groups in total. The van der Waals surface area contributed by atoms with Gasteiger partial charge in [0.05, 0.1) is 9.53 Å². The van der Waals surface area contributed by atoms with E-state index in [1.807, 2.05) is 0 Å². The highest BCUT2D eigenvalue weighted by Gasteiger charge is 2.00. The third-order valence-corrected chi connectivity index (χ3v) is 1.86. The van der Waals surface area contributed by atoms with Gasteiger partial charge in [-0.3, -0.25) is 0 Å². The molecule has 1 aliphatic heterocycles. The predicted octanol–water partition coefficient (Wildman–Crippen LogP) is 2.40.